The molecule has 4 rings (SSSR count). The van der Waals surface area contributed by atoms with E-state index in [9.17, 15) is 4.91 Å². The van der Waals surface area contributed by atoms with Crippen LogP contribution in [0.4, 0.5) is 0 Å². The molecule has 0 amide bonds. The van der Waals surface area contributed by atoms with E-state index in [4.69, 9.17) is 4.99 Å². The molecule has 3 nitrogen and oxygen atoms in total. The molecule has 0 saturated carbocycles. The van der Waals surface area contributed by atoms with E-state index >= 15 is 0 Å². The van der Waals surface area contributed by atoms with E-state index in [-0.39, 0.29) is 0 Å². The van der Waals surface area contributed by atoms with Gasteiger partial charge < -0.3 is 0 Å². The number of aliphatic imine (C=N–C) groups is 1. The third kappa shape index (κ3) is 4.28. The highest BCUT2D eigenvalue weighted by Gasteiger charge is 2.18. The molecular weight excluding hydrogens is 392 g/mol. The minimum Gasteiger partial charge on any atom is -0.249 e. The second-order valence-corrected chi connectivity index (χ2v) is 7.96. The van der Waals surface area contributed by atoms with Gasteiger partial charge in [0.2, 0.25) is 0 Å². The van der Waals surface area contributed by atoms with Crippen LogP contribution >= 0.6 is 0 Å². The summed E-state index contributed by atoms with van der Waals surface area (Å²) in [5.74, 6) is 0. The molecule has 0 N–H and O–H groups in total. The predicted molar refractivity (Wildman–Crippen MR) is 136 cm³/mol. The summed E-state index contributed by atoms with van der Waals surface area (Å²) >= 11 is 0. The van der Waals surface area contributed by atoms with E-state index in [1.165, 1.54) is 5.56 Å². The van der Waals surface area contributed by atoms with Crippen LogP contribution in [0, 0.1) is 11.8 Å². The molecule has 158 valence electrons. The zero-order chi connectivity index (χ0) is 22.5. The Labute approximate surface area is 189 Å². The zero-order valence-electron chi connectivity index (χ0n) is 18.6. The number of hydrogen-bond donors (Lipinski definition) is 0. The zero-order valence-corrected chi connectivity index (χ0v) is 18.6. The average molecular weight is 419 g/mol. The molecule has 0 spiro atoms. The van der Waals surface area contributed by atoms with Gasteiger partial charge in [0.05, 0.1) is 11.4 Å². The van der Waals surface area contributed by atoms with Crippen molar-refractivity contribution in [3.05, 3.63) is 124 Å². The minimum absolute atomic E-state index is 0.577. The van der Waals surface area contributed by atoms with Crippen LogP contribution < -0.4 is 0 Å². The van der Waals surface area contributed by atoms with Gasteiger partial charge in [-0.15, -0.1) is 0 Å². The van der Waals surface area contributed by atoms with Gasteiger partial charge in [0.25, 0.3) is 0 Å². The smallest absolute Gasteiger partial charge is 0.132 e. The highest BCUT2D eigenvalue weighted by Crippen LogP contribution is 2.34. The van der Waals surface area contributed by atoms with Crippen molar-refractivity contribution < 1.29 is 0 Å². The molecule has 3 heteroatoms. The third-order valence-electron chi connectivity index (χ3n) is 5.80. The molecule has 0 saturated heterocycles. The van der Waals surface area contributed by atoms with Crippen LogP contribution in [0.5, 0.6) is 0 Å². The molecule has 0 radical (unpaired) electrons. The Hall–Kier alpha value is -3.85. The Bertz CT molecular complexity index is 1310. The van der Waals surface area contributed by atoms with Gasteiger partial charge in [0.15, 0.2) is 0 Å². The highest BCUT2D eigenvalue weighted by molar-refractivity contribution is 6.10. The van der Waals surface area contributed by atoms with Crippen LogP contribution in [0.2, 0.25) is 0 Å². The van der Waals surface area contributed by atoms with Crippen molar-refractivity contribution in [2.24, 2.45) is 10.2 Å². The minimum atomic E-state index is -0.577. The maximum absolute atomic E-state index is 11.6. The first-order chi connectivity index (χ1) is 15.6. The van der Waals surface area contributed by atoms with Crippen LogP contribution in [0.15, 0.2) is 107 Å². The lowest BCUT2D eigenvalue weighted by Gasteiger charge is -2.16. The van der Waals surface area contributed by atoms with Gasteiger partial charge in [0, 0.05) is 5.56 Å². The number of fused-ring (bicyclic) bond motifs is 1. The normalized spacial score (nSPS) is 13.5. The summed E-state index contributed by atoms with van der Waals surface area (Å²) in [6.45, 7) is 6.00. The summed E-state index contributed by atoms with van der Waals surface area (Å²) in [5.41, 5.74) is 6.83. The monoisotopic (exact) mass is 418 g/mol. The quantitative estimate of drug-likeness (QED) is 0.180. The fourth-order valence-electron chi connectivity index (χ4n) is 4.08. The standard InChI is InChI=1S/C29H26N2O/c1-20-12-7-9-17-25(20)21(2)28(27-19-11-16-23-13-8-10-18-26(23)27)30-29(22(3)31-32)24-14-5-4-6-15-24/h4-19,22H,1-3H3/b28-21+,30-29+. The molecule has 4 aromatic rings. The fourth-order valence-corrected chi connectivity index (χ4v) is 4.08. The molecule has 1 atom stereocenters. The summed E-state index contributed by atoms with van der Waals surface area (Å²) in [5, 5.41) is 5.60. The first kappa shape index (κ1) is 21.4. The fraction of sp³-hybridized carbons (Fsp3) is 0.138. The Kier molecular flexibility index (Phi) is 6.37. The van der Waals surface area contributed by atoms with Gasteiger partial charge in [-0.3, -0.25) is 0 Å². The van der Waals surface area contributed by atoms with Crippen LogP contribution in [0.3, 0.4) is 0 Å². The van der Waals surface area contributed by atoms with E-state index in [2.05, 4.69) is 61.5 Å². The second kappa shape index (κ2) is 9.52. The number of hydrogen-bond acceptors (Lipinski definition) is 3. The summed E-state index contributed by atoms with van der Waals surface area (Å²) < 4.78 is 0. The molecule has 0 fully saturated rings. The van der Waals surface area contributed by atoms with E-state index < -0.39 is 6.04 Å². The topological polar surface area (TPSA) is 41.8 Å². The van der Waals surface area contributed by atoms with Gasteiger partial charge in [-0.05, 0) is 53.8 Å². The number of allylic oxidation sites excluding steroid dienone is 1. The van der Waals surface area contributed by atoms with Gasteiger partial charge in [0.1, 0.15) is 6.04 Å². The first-order valence-corrected chi connectivity index (χ1v) is 10.8. The molecule has 0 aliphatic rings. The highest BCUT2D eigenvalue weighted by atomic mass is 16.3. The van der Waals surface area contributed by atoms with Crippen molar-refractivity contribution in [2.45, 2.75) is 26.8 Å². The van der Waals surface area contributed by atoms with Crippen molar-refractivity contribution in [3.8, 4) is 0 Å². The molecular formula is C29H26N2O. The average Bonchev–Trinajstić information content (AvgIpc) is 2.84. The molecule has 0 aromatic heterocycles. The van der Waals surface area contributed by atoms with Gasteiger partial charge >= 0.3 is 0 Å². The van der Waals surface area contributed by atoms with E-state index in [0.29, 0.717) is 5.71 Å². The predicted octanol–water partition coefficient (Wildman–Crippen LogP) is 7.68. The van der Waals surface area contributed by atoms with Gasteiger partial charge in [-0.2, -0.15) is 4.91 Å². The molecule has 0 aliphatic carbocycles. The van der Waals surface area contributed by atoms with E-state index in [0.717, 1.165) is 38.7 Å². The molecule has 4 aromatic carbocycles. The number of nitrogens with zero attached hydrogens (tertiary/aromatic N) is 2. The van der Waals surface area contributed by atoms with Crippen molar-refractivity contribution in [1.82, 2.24) is 0 Å². The maximum atomic E-state index is 11.6. The molecule has 0 bridgehead atoms. The molecule has 32 heavy (non-hydrogen) atoms. The van der Waals surface area contributed by atoms with Crippen molar-refractivity contribution in [1.29, 1.82) is 0 Å². The van der Waals surface area contributed by atoms with Crippen LogP contribution in [0.1, 0.15) is 36.1 Å². The number of rotatable bonds is 6. The molecule has 0 heterocycles. The summed E-state index contributed by atoms with van der Waals surface area (Å²) in [7, 11) is 0. The van der Waals surface area contributed by atoms with Crippen molar-refractivity contribution >= 4 is 27.8 Å². The Morgan fingerprint density at radius 2 is 1.38 bits per heavy atom. The van der Waals surface area contributed by atoms with E-state index in [1.54, 1.807) is 6.92 Å². The largest absolute Gasteiger partial charge is 0.249 e. The van der Waals surface area contributed by atoms with Crippen LogP contribution in [-0.4, -0.2) is 11.8 Å². The lowest BCUT2D eigenvalue weighted by molar-refractivity contribution is 0.962. The summed E-state index contributed by atoms with van der Waals surface area (Å²) in [4.78, 5) is 16.8. The summed E-state index contributed by atoms with van der Waals surface area (Å²) in [6.07, 6.45) is 0. The van der Waals surface area contributed by atoms with Crippen molar-refractivity contribution in [3.63, 3.8) is 0 Å². The second-order valence-electron chi connectivity index (χ2n) is 7.96. The lowest BCUT2D eigenvalue weighted by Crippen LogP contribution is -2.16. The Morgan fingerprint density at radius 3 is 2.12 bits per heavy atom. The lowest BCUT2D eigenvalue weighted by atomic mass is 9.94. The van der Waals surface area contributed by atoms with Gasteiger partial charge in [-0.1, -0.05) is 102 Å². The van der Waals surface area contributed by atoms with Crippen molar-refractivity contribution in [2.75, 3.05) is 0 Å². The SMILES string of the molecule is C/C(=C(\N=C(\c1ccccc1)C(C)N=O)c1cccc2ccccc12)c1ccccc1C. The Balaban J connectivity index is 2.06. The van der Waals surface area contributed by atoms with Crippen LogP contribution in [-0.2, 0) is 0 Å². The Morgan fingerprint density at radius 1 is 0.750 bits per heavy atom. The van der Waals surface area contributed by atoms with E-state index in [1.807, 2.05) is 54.6 Å². The first-order valence-electron chi connectivity index (χ1n) is 10.8. The number of benzene rings is 4. The number of nitroso groups, excluding NO2 is 1. The molecule has 1 unspecified atom stereocenters. The third-order valence-corrected chi connectivity index (χ3v) is 5.80. The molecule has 0 aliphatic heterocycles. The summed E-state index contributed by atoms with van der Waals surface area (Å²) in [6, 6.07) is 32.1. The van der Waals surface area contributed by atoms with Gasteiger partial charge in [-0.25, -0.2) is 4.99 Å². The maximum Gasteiger partial charge on any atom is 0.132 e. The van der Waals surface area contributed by atoms with Crippen LogP contribution in [0.25, 0.3) is 22.0 Å². The number of aryl methyl sites for hydroxylation is 1.